The molecule has 4 rings (SSSR count). The molecule has 0 N–H and O–H groups in total. The molecule has 0 unspecified atom stereocenters. The molecular weight excluding hydrogens is 308 g/mol. The van der Waals surface area contributed by atoms with E-state index in [1.807, 2.05) is 29.2 Å². The van der Waals surface area contributed by atoms with Crippen LogP contribution in [0.4, 0.5) is 5.69 Å². The highest BCUT2D eigenvalue weighted by molar-refractivity contribution is 6.31. The molecule has 0 aromatic heterocycles. The van der Waals surface area contributed by atoms with Gasteiger partial charge in [0.1, 0.15) is 6.17 Å². The molecule has 0 bridgehead atoms. The van der Waals surface area contributed by atoms with E-state index in [4.69, 9.17) is 11.6 Å². The van der Waals surface area contributed by atoms with E-state index in [-0.39, 0.29) is 18.1 Å². The lowest BCUT2D eigenvalue weighted by Crippen LogP contribution is -2.32. The summed E-state index contributed by atoms with van der Waals surface area (Å²) in [5.74, 6) is 0.190. The van der Waals surface area contributed by atoms with Crippen LogP contribution in [0.15, 0.2) is 48.5 Å². The zero-order chi connectivity index (χ0) is 16.0. The number of hydrogen-bond acceptors (Lipinski definition) is 2. The van der Waals surface area contributed by atoms with Crippen LogP contribution in [0.5, 0.6) is 0 Å². The van der Waals surface area contributed by atoms with E-state index in [1.165, 1.54) is 5.56 Å². The number of carbonyl (C=O) groups is 1. The second-order valence-electron chi connectivity index (χ2n) is 6.37. The number of benzene rings is 2. The van der Waals surface area contributed by atoms with E-state index in [1.54, 1.807) is 0 Å². The zero-order valence-electron chi connectivity index (χ0n) is 13.1. The highest BCUT2D eigenvalue weighted by atomic mass is 35.5. The summed E-state index contributed by atoms with van der Waals surface area (Å²) in [5, 5.41) is 0.657. The molecule has 23 heavy (non-hydrogen) atoms. The van der Waals surface area contributed by atoms with Crippen molar-refractivity contribution in [1.82, 2.24) is 4.90 Å². The van der Waals surface area contributed by atoms with E-state index < -0.39 is 0 Å². The lowest BCUT2D eigenvalue weighted by molar-refractivity contribution is -0.119. The molecule has 2 fully saturated rings. The van der Waals surface area contributed by atoms with Crippen molar-refractivity contribution in [1.29, 1.82) is 0 Å². The topological polar surface area (TPSA) is 23.6 Å². The molecule has 3 nitrogen and oxygen atoms in total. The summed E-state index contributed by atoms with van der Waals surface area (Å²) in [7, 11) is 0. The largest absolute Gasteiger partial charge is 0.290 e. The number of nitrogens with zero attached hydrogens (tertiary/aromatic N) is 2. The summed E-state index contributed by atoms with van der Waals surface area (Å²) in [6, 6.07) is 16.1. The number of carbonyl (C=O) groups excluding carboxylic acids is 1. The second kappa shape index (κ2) is 5.66. The normalized spacial score (nSPS) is 24.3. The van der Waals surface area contributed by atoms with Gasteiger partial charge in [-0.2, -0.15) is 0 Å². The standard InChI is InChI=1S/C19H19ClN2O/c1-13-7-9-14(10-8-13)18-21-11-3-6-17(21)19(23)22(18)16-5-2-4-15(20)12-16/h2,4-5,7-10,12,17-18H,3,6,11H2,1H3/t17-,18+/m0/s1. The van der Waals surface area contributed by atoms with Crippen LogP contribution in [0, 0.1) is 6.92 Å². The number of anilines is 1. The van der Waals surface area contributed by atoms with Crippen LogP contribution in [-0.4, -0.2) is 23.4 Å². The van der Waals surface area contributed by atoms with Crippen molar-refractivity contribution in [3.8, 4) is 0 Å². The molecule has 2 heterocycles. The minimum absolute atomic E-state index is 0.000264. The van der Waals surface area contributed by atoms with Crippen LogP contribution >= 0.6 is 11.6 Å². The third-order valence-corrected chi connectivity index (χ3v) is 5.07. The Balaban J connectivity index is 1.81. The van der Waals surface area contributed by atoms with Gasteiger partial charge in [-0.25, -0.2) is 0 Å². The van der Waals surface area contributed by atoms with Gasteiger partial charge in [0.25, 0.3) is 0 Å². The maximum atomic E-state index is 13.0. The van der Waals surface area contributed by atoms with E-state index in [9.17, 15) is 4.79 Å². The number of halogens is 1. The molecule has 2 aliphatic heterocycles. The molecule has 2 atom stereocenters. The molecule has 2 aromatic carbocycles. The fourth-order valence-corrected chi connectivity index (χ4v) is 3.93. The Morgan fingerprint density at radius 2 is 1.91 bits per heavy atom. The third kappa shape index (κ3) is 2.44. The maximum Gasteiger partial charge on any atom is 0.246 e. The molecule has 4 heteroatoms. The molecule has 0 spiro atoms. The van der Waals surface area contributed by atoms with Crippen LogP contribution in [0.2, 0.25) is 5.02 Å². The van der Waals surface area contributed by atoms with Gasteiger partial charge < -0.3 is 0 Å². The lowest BCUT2D eigenvalue weighted by Gasteiger charge is -2.30. The number of rotatable bonds is 2. The van der Waals surface area contributed by atoms with Gasteiger partial charge in [-0.1, -0.05) is 47.5 Å². The Kier molecular flexibility index (Phi) is 3.63. The van der Waals surface area contributed by atoms with E-state index in [2.05, 4.69) is 36.1 Å². The Morgan fingerprint density at radius 3 is 2.65 bits per heavy atom. The van der Waals surface area contributed by atoms with Gasteiger partial charge in [0.2, 0.25) is 5.91 Å². The first-order valence-electron chi connectivity index (χ1n) is 8.06. The lowest BCUT2D eigenvalue weighted by atomic mass is 10.1. The van der Waals surface area contributed by atoms with Gasteiger partial charge in [-0.3, -0.25) is 14.6 Å². The predicted octanol–water partition coefficient (Wildman–Crippen LogP) is 4.16. The SMILES string of the molecule is Cc1ccc([C@H]2N(c3cccc(Cl)c3)C(=O)[C@@H]3CCCN32)cc1. The van der Waals surface area contributed by atoms with Crippen LogP contribution in [0.25, 0.3) is 0 Å². The summed E-state index contributed by atoms with van der Waals surface area (Å²) in [6.45, 7) is 3.04. The molecule has 1 amide bonds. The second-order valence-corrected chi connectivity index (χ2v) is 6.80. The molecule has 2 saturated heterocycles. The van der Waals surface area contributed by atoms with Crippen LogP contribution < -0.4 is 4.90 Å². The van der Waals surface area contributed by atoms with Crippen LogP contribution in [-0.2, 0) is 4.79 Å². The first-order valence-corrected chi connectivity index (χ1v) is 8.44. The first kappa shape index (κ1) is 14.7. The minimum Gasteiger partial charge on any atom is -0.290 e. The average molecular weight is 327 g/mol. The highest BCUT2D eigenvalue weighted by Gasteiger charge is 2.49. The van der Waals surface area contributed by atoms with Crippen molar-refractivity contribution in [2.24, 2.45) is 0 Å². The van der Waals surface area contributed by atoms with Gasteiger partial charge in [0, 0.05) is 17.3 Å². The van der Waals surface area contributed by atoms with E-state index >= 15 is 0 Å². The van der Waals surface area contributed by atoms with E-state index in [0.29, 0.717) is 5.02 Å². The number of aryl methyl sites for hydroxylation is 1. The Morgan fingerprint density at radius 1 is 1.13 bits per heavy atom. The van der Waals surface area contributed by atoms with Crippen molar-refractivity contribution in [2.45, 2.75) is 32.0 Å². The smallest absolute Gasteiger partial charge is 0.246 e. The van der Waals surface area contributed by atoms with Crippen molar-refractivity contribution in [3.63, 3.8) is 0 Å². The molecule has 2 aromatic rings. The van der Waals surface area contributed by atoms with Crippen molar-refractivity contribution < 1.29 is 4.79 Å². The zero-order valence-corrected chi connectivity index (χ0v) is 13.8. The molecule has 0 aliphatic carbocycles. The minimum atomic E-state index is -0.0333. The monoisotopic (exact) mass is 326 g/mol. The van der Waals surface area contributed by atoms with Gasteiger partial charge in [0.05, 0.1) is 6.04 Å². The van der Waals surface area contributed by atoms with Gasteiger partial charge in [-0.05, 0) is 43.5 Å². The van der Waals surface area contributed by atoms with Crippen LogP contribution in [0.1, 0.15) is 30.1 Å². The summed E-state index contributed by atoms with van der Waals surface area (Å²) >= 11 is 6.15. The molecule has 0 radical (unpaired) electrons. The van der Waals surface area contributed by atoms with Crippen LogP contribution in [0.3, 0.4) is 0 Å². The Hall–Kier alpha value is -1.84. The number of hydrogen-bond donors (Lipinski definition) is 0. The fraction of sp³-hybridized carbons (Fsp3) is 0.316. The van der Waals surface area contributed by atoms with E-state index in [0.717, 1.165) is 30.6 Å². The Bertz CT molecular complexity index is 743. The summed E-state index contributed by atoms with van der Waals surface area (Å²) in [6.07, 6.45) is 1.99. The highest BCUT2D eigenvalue weighted by Crippen LogP contribution is 2.42. The number of fused-ring (bicyclic) bond motifs is 1. The fourth-order valence-electron chi connectivity index (χ4n) is 3.75. The van der Waals surface area contributed by atoms with Gasteiger partial charge >= 0.3 is 0 Å². The van der Waals surface area contributed by atoms with Crippen molar-refractivity contribution in [2.75, 3.05) is 11.4 Å². The summed E-state index contributed by atoms with van der Waals surface area (Å²) in [4.78, 5) is 17.2. The van der Waals surface area contributed by atoms with Crippen molar-refractivity contribution in [3.05, 3.63) is 64.7 Å². The number of amides is 1. The quantitative estimate of drug-likeness (QED) is 0.827. The predicted molar refractivity (Wildman–Crippen MR) is 92.6 cm³/mol. The summed E-state index contributed by atoms with van der Waals surface area (Å²) < 4.78 is 0. The third-order valence-electron chi connectivity index (χ3n) is 4.84. The van der Waals surface area contributed by atoms with Crippen molar-refractivity contribution >= 4 is 23.2 Å². The molecule has 2 aliphatic rings. The first-order chi connectivity index (χ1) is 11.1. The average Bonchev–Trinajstić information content (AvgIpc) is 3.11. The van der Waals surface area contributed by atoms with Gasteiger partial charge in [0.15, 0.2) is 0 Å². The maximum absolute atomic E-state index is 13.0. The summed E-state index contributed by atoms with van der Waals surface area (Å²) in [5.41, 5.74) is 3.26. The molecular formula is C19H19ClN2O. The van der Waals surface area contributed by atoms with Gasteiger partial charge in [-0.15, -0.1) is 0 Å². The Labute approximate surface area is 141 Å². The molecule has 0 saturated carbocycles. The molecule has 118 valence electrons.